The number of carbonyl (C=O) groups excluding carboxylic acids is 3. The molecule has 0 fully saturated rings. The Kier molecular flexibility index (Phi) is 52.4. The summed E-state index contributed by atoms with van der Waals surface area (Å²) < 4.78 is 16.8. The Morgan fingerprint density at radius 1 is 0.313 bits per heavy atom. The van der Waals surface area contributed by atoms with E-state index in [0.29, 0.717) is 19.3 Å². The summed E-state index contributed by atoms with van der Waals surface area (Å²) in [5.41, 5.74) is 0. The molecule has 0 rings (SSSR count). The lowest BCUT2D eigenvalue weighted by Gasteiger charge is -2.18. The smallest absolute Gasteiger partial charge is 0.306 e. The summed E-state index contributed by atoms with van der Waals surface area (Å²) in [5, 5.41) is 0. The minimum atomic E-state index is -0.801. The first-order chi connectivity index (χ1) is 33.0. The maximum Gasteiger partial charge on any atom is 0.306 e. The second-order valence-corrected chi connectivity index (χ2v) is 18.4. The van der Waals surface area contributed by atoms with Crippen LogP contribution in [0.15, 0.2) is 85.1 Å². The van der Waals surface area contributed by atoms with Gasteiger partial charge in [0.15, 0.2) is 6.10 Å². The molecule has 0 aromatic rings. The van der Waals surface area contributed by atoms with Gasteiger partial charge in [0.1, 0.15) is 13.2 Å². The highest BCUT2D eigenvalue weighted by Gasteiger charge is 2.19. The number of hydrogen-bond acceptors (Lipinski definition) is 6. The van der Waals surface area contributed by atoms with Crippen LogP contribution in [0.25, 0.3) is 0 Å². The van der Waals surface area contributed by atoms with E-state index < -0.39 is 6.10 Å². The Morgan fingerprint density at radius 3 is 0.970 bits per heavy atom. The van der Waals surface area contributed by atoms with Crippen LogP contribution in [-0.4, -0.2) is 37.2 Å². The molecular weight excluding hydrogens is 829 g/mol. The first-order valence-corrected chi connectivity index (χ1v) is 28.1. The predicted molar refractivity (Wildman–Crippen MR) is 288 cm³/mol. The molecule has 0 amide bonds. The van der Waals surface area contributed by atoms with Crippen molar-refractivity contribution in [2.45, 2.75) is 271 Å². The molecule has 1 atom stereocenters. The van der Waals surface area contributed by atoms with E-state index in [1.54, 1.807) is 0 Å². The number of hydrogen-bond donors (Lipinski definition) is 0. The van der Waals surface area contributed by atoms with Crippen LogP contribution in [0.3, 0.4) is 0 Å². The van der Waals surface area contributed by atoms with Crippen LogP contribution < -0.4 is 0 Å². The van der Waals surface area contributed by atoms with Gasteiger partial charge in [-0.05, 0) is 83.5 Å². The second-order valence-electron chi connectivity index (χ2n) is 18.4. The van der Waals surface area contributed by atoms with Gasteiger partial charge >= 0.3 is 17.9 Å². The van der Waals surface area contributed by atoms with Crippen molar-refractivity contribution in [2.24, 2.45) is 0 Å². The fourth-order valence-corrected chi connectivity index (χ4v) is 7.75. The average molecular weight is 933 g/mol. The fraction of sp³-hybridized carbons (Fsp3) is 0.721. The zero-order valence-electron chi connectivity index (χ0n) is 43.9. The molecule has 0 aliphatic heterocycles. The van der Waals surface area contributed by atoms with Gasteiger partial charge in [-0.1, -0.05) is 247 Å². The third kappa shape index (κ3) is 53.4. The normalized spacial score (nSPS) is 12.7. The van der Waals surface area contributed by atoms with Gasteiger partial charge in [0.2, 0.25) is 0 Å². The number of allylic oxidation sites excluding steroid dienone is 14. The van der Waals surface area contributed by atoms with Crippen LogP contribution in [0.2, 0.25) is 0 Å². The SMILES string of the molecule is CC/C=C\C/C=C\C/C=C\C/C=C\CCCCCCCCC(=O)OCC(COC(=O)CCC/C=C\C/C=C\C/C=C\CC)OC(=O)CCCCCCCCCCCCCCCCCCCCC. The lowest BCUT2D eigenvalue weighted by Crippen LogP contribution is -2.30. The molecule has 0 radical (unpaired) electrons. The molecule has 0 saturated heterocycles. The van der Waals surface area contributed by atoms with E-state index in [-0.39, 0.29) is 37.5 Å². The molecule has 6 heteroatoms. The molecule has 0 aliphatic rings. The molecule has 0 aromatic heterocycles. The zero-order valence-corrected chi connectivity index (χ0v) is 43.9. The van der Waals surface area contributed by atoms with E-state index in [9.17, 15) is 14.4 Å². The standard InChI is InChI=1S/C61H104O6/c1-4-7-10-13-16-19-22-24-26-28-30-32-34-36-39-42-45-48-51-54-60(63)66-57-58(56-65-59(62)53-50-47-44-41-38-21-18-15-12-9-6-3)67-61(64)55-52-49-46-43-40-37-35-33-31-29-27-25-23-20-17-14-11-8-5-2/h7,9-10,12,16,18-19,21,24,26,30,32,41,44,58H,4-6,8,11,13-15,17,20,22-23,25,27-29,31,33-40,42-43,45-57H2,1-3H3/b10-7-,12-9-,19-16-,21-18-,26-24-,32-30-,44-41-. The summed E-state index contributed by atoms with van der Waals surface area (Å²) in [6, 6.07) is 0. The summed E-state index contributed by atoms with van der Waals surface area (Å²) >= 11 is 0. The van der Waals surface area contributed by atoms with E-state index in [1.807, 2.05) is 0 Å². The van der Waals surface area contributed by atoms with Crippen LogP contribution in [0.4, 0.5) is 0 Å². The highest BCUT2D eigenvalue weighted by molar-refractivity contribution is 5.71. The number of esters is 3. The molecule has 1 unspecified atom stereocenters. The third-order valence-electron chi connectivity index (χ3n) is 11.9. The van der Waals surface area contributed by atoms with Gasteiger partial charge in [-0.3, -0.25) is 14.4 Å². The average Bonchev–Trinajstić information content (AvgIpc) is 3.33. The van der Waals surface area contributed by atoms with Gasteiger partial charge in [-0.25, -0.2) is 0 Å². The third-order valence-corrected chi connectivity index (χ3v) is 11.9. The van der Waals surface area contributed by atoms with E-state index >= 15 is 0 Å². The largest absolute Gasteiger partial charge is 0.462 e. The van der Waals surface area contributed by atoms with Crippen molar-refractivity contribution in [3.05, 3.63) is 85.1 Å². The molecule has 0 aliphatic carbocycles. The highest BCUT2D eigenvalue weighted by Crippen LogP contribution is 2.16. The van der Waals surface area contributed by atoms with Crippen LogP contribution >= 0.6 is 0 Å². The summed E-state index contributed by atoms with van der Waals surface area (Å²) in [7, 11) is 0. The second kappa shape index (κ2) is 55.2. The van der Waals surface area contributed by atoms with Gasteiger partial charge in [0.05, 0.1) is 0 Å². The molecule has 0 spiro atoms. The Labute approximate surface area is 414 Å². The monoisotopic (exact) mass is 933 g/mol. The van der Waals surface area contributed by atoms with Gasteiger partial charge < -0.3 is 14.2 Å². The molecule has 0 saturated carbocycles. The summed E-state index contributed by atoms with van der Waals surface area (Å²) in [4.78, 5) is 38.1. The van der Waals surface area contributed by atoms with Crippen LogP contribution in [0.5, 0.6) is 0 Å². The van der Waals surface area contributed by atoms with Crippen molar-refractivity contribution in [2.75, 3.05) is 13.2 Å². The zero-order chi connectivity index (χ0) is 48.6. The van der Waals surface area contributed by atoms with Gasteiger partial charge in [0, 0.05) is 19.3 Å². The van der Waals surface area contributed by atoms with Gasteiger partial charge in [-0.2, -0.15) is 0 Å². The van der Waals surface area contributed by atoms with Gasteiger partial charge in [-0.15, -0.1) is 0 Å². The van der Waals surface area contributed by atoms with Crippen molar-refractivity contribution in [1.82, 2.24) is 0 Å². The predicted octanol–water partition coefficient (Wildman–Crippen LogP) is 18.8. The topological polar surface area (TPSA) is 78.9 Å². The molecule has 0 aromatic carbocycles. The summed E-state index contributed by atoms with van der Waals surface area (Å²) in [6.07, 6.45) is 71.6. The quantitative estimate of drug-likeness (QED) is 0.0262. The Bertz CT molecular complexity index is 1300. The van der Waals surface area contributed by atoms with E-state index in [4.69, 9.17) is 14.2 Å². The lowest BCUT2D eigenvalue weighted by atomic mass is 10.0. The molecule has 6 nitrogen and oxygen atoms in total. The fourth-order valence-electron chi connectivity index (χ4n) is 7.75. The van der Waals surface area contributed by atoms with E-state index in [1.165, 1.54) is 116 Å². The van der Waals surface area contributed by atoms with Crippen LogP contribution in [0.1, 0.15) is 265 Å². The van der Waals surface area contributed by atoms with E-state index in [2.05, 4.69) is 106 Å². The number of unbranched alkanes of at least 4 members (excludes halogenated alkanes) is 25. The minimum absolute atomic E-state index is 0.0984. The molecule has 67 heavy (non-hydrogen) atoms. The molecule has 0 heterocycles. The minimum Gasteiger partial charge on any atom is -0.462 e. The van der Waals surface area contributed by atoms with Crippen molar-refractivity contribution in [3.63, 3.8) is 0 Å². The molecule has 384 valence electrons. The van der Waals surface area contributed by atoms with Crippen molar-refractivity contribution < 1.29 is 28.6 Å². The maximum atomic E-state index is 12.8. The summed E-state index contributed by atoms with van der Waals surface area (Å²) in [5.74, 6) is -0.961. The molecule has 0 N–H and O–H groups in total. The lowest BCUT2D eigenvalue weighted by molar-refractivity contribution is -0.167. The van der Waals surface area contributed by atoms with Crippen molar-refractivity contribution in [3.8, 4) is 0 Å². The van der Waals surface area contributed by atoms with Gasteiger partial charge in [0.25, 0.3) is 0 Å². The molecular formula is C61H104O6. The van der Waals surface area contributed by atoms with Crippen molar-refractivity contribution >= 4 is 17.9 Å². The van der Waals surface area contributed by atoms with Crippen molar-refractivity contribution in [1.29, 1.82) is 0 Å². The Morgan fingerprint density at radius 2 is 0.597 bits per heavy atom. The molecule has 0 bridgehead atoms. The first kappa shape index (κ1) is 63.6. The maximum absolute atomic E-state index is 12.8. The van der Waals surface area contributed by atoms with Crippen LogP contribution in [0, 0.1) is 0 Å². The first-order valence-electron chi connectivity index (χ1n) is 28.1. The number of ether oxygens (including phenoxy) is 3. The van der Waals surface area contributed by atoms with E-state index in [0.717, 1.165) is 103 Å². The van der Waals surface area contributed by atoms with Crippen LogP contribution in [-0.2, 0) is 28.6 Å². The Hall–Kier alpha value is -3.41. The Balaban J connectivity index is 4.37. The number of carbonyl (C=O) groups is 3. The number of rotatable bonds is 50. The summed E-state index contributed by atoms with van der Waals surface area (Å²) in [6.45, 7) is 6.37. The highest BCUT2D eigenvalue weighted by atomic mass is 16.6.